The van der Waals surface area contributed by atoms with E-state index in [0.29, 0.717) is 12.5 Å². The van der Waals surface area contributed by atoms with Gasteiger partial charge in [0.25, 0.3) is 0 Å². The van der Waals surface area contributed by atoms with Gasteiger partial charge in [-0.15, -0.1) is 0 Å². The maximum Gasteiger partial charge on any atom is 0.414 e. The smallest absolute Gasteiger partial charge is 0.414 e. The van der Waals surface area contributed by atoms with Crippen molar-refractivity contribution in [3.63, 3.8) is 0 Å². The van der Waals surface area contributed by atoms with Gasteiger partial charge in [0, 0.05) is 26.2 Å². The van der Waals surface area contributed by atoms with Crippen molar-refractivity contribution in [1.29, 1.82) is 0 Å². The van der Waals surface area contributed by atoms with Crippen LogP contribution in [0.1, 0.15) is 44.6 Å². The first-order valence-electron chi connectivity index (χ1n) is 10.6. The molecule has 2 fully saturated rings. The van der Waals surface area contributed by atoms with Gasteiger partial charge in [-0.3, -0.25) is 9.69 Å². The van der Waals surface area contributed by atoms with Gasteiger partial charge in [0.1, 0.15) is 5.75 Å². The maximum atomic E-state index is 12.8. The van der Waals surface area contributed by atoms with E-state index in [1.807, 2.05) is 19.1 Å². The molecule has 0 bridgehead atoms. The van der Waals surface area contributed by atoms with Crippen LogP contribution in [0.15, 0.2) is 24.3 Å². The van der Waals surface area contributed by atoms with E-state index in [2.05, 4.69) is 21.9 Å². The number of carboxylic acid groups (broad SMARTS) is 2. The zero-order valence-electron chi connectivity index (χ0n) is 17.6. The van der Waals surface area contributed by atoms with Crippen molar-refractivity contribution in [2.75, 3.05) is 32.8 Å². The zero-order chi connectivity index (χ0) is 21.9. The predicted molar refractivity (Wildman–Crippen MR) is 111 cm³/mol. The summed E-state index contributed by atoms with van der Waals surface area (Å²) in [6, 6.07) is 8.36. The van der Waals surface area contributed by atoms with E-state index in [1.165, 1.54) is 24.8 Å². The normalized spacial score (nSPS) is 19.4. The summed E-state index contributed by atoms with van der Waals surface area (Å²) in [6.45, 7) is 7.56. The third-order valence-corrected chi connectivity index (χ3v) is 5.35. The molecule has 0 saturated carbocycles. The van der Waals surface area contributed by atoms with Crippen LogP contribution in [0.5, 0.6) is 5.75 Å². The van der Waals surface area contributed by atoms with E-state index in [1.54, 1.807) is 0 Å². The summed E-state index contributed by atoms with van der Waals surface area (Å²) >= 11 is 0. The lowest BCUT2D eigenvalue weighted by Crippen LogP contribution is -2.46. The van der Waals surface area contributed by atoms with Gasteiger partial charge in [-0.1, -0.05) is 12.1 Å². The van der Waals surface area contributed by atoms with E-state index in [-0.39, 0.29) is 5.92 Å². The van der Waals surface area contributed by atoms with Gasteiger partial charge in [-0.05, 0) is 63.3 Å². The largest absolute Gasteiger partial charge is 0.494 e. The number of carbonyl (C=O) groups is 3. The van der Waals surface area contributed by atoms with Gasteiger partial charge in [0.2, 0.25) is 5.91 Å². The molecule has 1 unspecified atom stereocenters. The Morgan fingerprint density at radius 1 is 0.967 bits per heavy atom. The average Bonchev–Trinajstić information content (AvgIpc) is 2.76. The fraction of sp³-hybridized carbons (Fsp3) is 0.591. The Hall–Kier alpha value is -2.61. The third-order valence-electron chi connectivity index (χ3n) is 5.35. The molecule has 2 aliphatic heterocycles. The number of hydrogen-bond acceptors (Lipinski definition) is 5. The Morgan fingerprint density at radius 2 is 1.60 bits per heavy atom. The Bertz CT molecular complexity index is 688. The molecule has 2 heterocycles. The summed E-state index contributed by atoms with van der Waals surface area (Å²) in [5.41, 5.74) is 1.30. The fourth-order valence-corrected chi connectivity index (χ4v) is 3.89. The number of likely N-dealkylation sites (tertiary alicyclic amines) is 2. The van der Waals surface area contributed by atoms with Crippen molar-refractivity contribution >= 4 is 17.8 Å². The minimum Gasteiger partial charge on any atom is -0.494 e. The van der Waals surface area contributed by atoms with E-state index >= 15 is 0 Å². The summed E-state index contributed by atoms with van der Waals surface area (Å²) in [5, 5.41) is 14.8. The van der Waals surface area contributed by atoms with E-state index in [4.69, 9.17) is 24.5 Å². The number of nitrogens with zero attached hydrogens (tertiary/aromatic N) is 2. The van der Waals surface area contributed by atoms with Gasteiger partial charge < -0.3 is 19.8 Å². The van der Waals surface area contributed by atoms with Gasteiger partial charge in [-0.2, -0.15) is 0 Å². The van der Waals surface area contributed by atoms with E-state index in [0.717, 1.165) is 51.3 Å². The van der Waals surface area contributed by atoms with Crippen LogP contribution in [0.25, 0.3) is 0 Å². The molecule has 8 nitrogen and oxygen atoms in total. The molecule has 8 heteroatoms. The second kappa shape index (κ2) is 12.2. The quantitative estimate of drug-likeness (QED) is 0.705. The standard InChI is InChI=1S/C20H30N2O2.C2H2O4/c1-2-24-19-10-8-17(9-11-19)15-21-12-6-7-18(16-21)20(23)22-13-4-3-5-14-22;3-1(4)2(5)6/h8-11,18H,2-7,12-16H2,1H3;(H,3,4)(H,5,6). The molecule has 1 aromatic rings. The molecule has 166 valence electrons. The molecule has 1 aromatic carbocycles. The van der Waals surface area contributed by atoms with Crippen LogP contribution in [0.3, 0.4) is 0 Å². The Kier molecular flexibility index (Phi) is 9.60. The van der Waals surface area contributed by atoms with Crippen molar-refractivity contribution in [2.24, 2.45) is 5.92 Å². The summed E-state index contributed by atoms with van der Waals surface area (Å²) in [5.74, 6) is -2.13. The van der Waals surface area contributed by atoms with Gasteiger partial charge >= 0.3 is 11.9 Å². The fourth-order valence-electron chi connectivity index (χ4n) is 3.89. The molecule has 3 rings (SSSR count). The predicted octanol–water partition coefficient (Wildman–Crippen LogP) is 2.47. The molecule has 30 heavy (non-hydrogen) atoms. The summed E-state index contributed by atoms with van der Waals surface area (Å²) < 4.78 is 5.50. The van der Waals surface area contributed by atoms with Crippen molar-refractivity contribution in [3.05, 3.63) is 29.8 Å². The SMILES string of the molecule is CCOc1ccc(CN2CCCC(C(=O)N3CCCCC3)C2)cc1.O=C(O)C(=O)O. The highest BCUT2D eigenvalue weighted by atomic mass is 16.5. The lowest BCUT2D eigenvalue weighted by molar-refractivity contribution is -0.159. The Morgan fingerprint density at radius 3 is 2.17 bits per heavy atom. The topological polar surface area (TPSA) is 107 Å². The molecule has 2 aliphatic rings. The molecule has 0 radical (unpaired) electrons. The molecule has 2 N–H and O–H groups in total. The van der Waals surface area contributed by atoms with Crippen molar-refractivity contribution in [1.82, 2.24) is 9.80 Å². The van der Waals surface area contributed by atoms with Crippen LogP contribution in [0.2, 0.25) is 0 Å². The molecule has 0 aromatic heterocycles. The second-order valence-electron chi connectivity index (χ2n) is 7.65. The highest BCUT2D eigenvalue weighted by Crippen LogP contribution is 2.23. The summed E-state index contributed by atoms with van der Waals surface area (Å²) in [6.07, 6.45) is 5.80. The molecule has 2 saturated heterocycles. The first kappa shape index (κ1) is 23.7. The number of rotatable bonds is 5. The van der Waals surface area contributed by atoms with Crippen molar-refractivity contribution in [3.8, 4) is 5.75 Å². The van der Waals surface area contributed by atoms with Crippen molar-refractivity contribution in [2.45, 2.75) is 45.6 Å². The number of carbonyl (C=O) groups excluding carboxylic acids is 1. The lowest BCUT2D eigenvalue weighted by atomic mass is 9.95. The molecule has 0 spiro atoms. The average molecular weight is 421 g/mol. The number of hydrogen-bond donors (Lipinski definition) is 2. The monoisotopic (exact) mass is 420 g/mol. The molecule has 0 aliphatic carbocycles. The zero-order valence-corrected chi connectivity index (χ0v) is 17.6. The first-order chi connectivity index (χ1) is 14.4. The molecular weight excluding hydrogens is 388 g/mol. The number of carboxylic acids is 2. The maximum absolute atomic E-state index is 12.8. The van der Waals surface area contributed by atoms with Crippen molar-refractivity contribution < 1.29 is 29.3 Å². The minimum absolute atomic E-state index is 0.194. The van der Waals surface area contributed by atoms with Crippen LogP contribution in [-0.2, 0) is 20.9 Å². The highest BCUT2D eigenvalue weighted by Gasteiger charge is 2.29. The Labute approximate surface area is 177 Å². The van der Waals surface area contributed by atoms with Crippen LogP contribution in [-0.4, -0.2) is 70.6 Å². The highest BCUT2D eigenvalue weighted by molar-refractivity contribution is 6.27. The van der Waals surface area contributed by atoms with Gasteiger partial charge in [0.15, 0.2) is 0 Å². The van der Waals surface area contributed by atoms with Gasteiger partial charge in [-0.25, -0.2) is 9.59 Å². The third kappa shape index (κ3) is 7.67. The van der Waals surface area contributed by atoms with E-state index in [9.17, 15) is 4.79 Å². The first-order valence-corrected chi connectivity index (χ1v) is 10.6. The van der Waals surface area contributed by atoms with Crippen LogP contribution in [0.4, 0.5) is 0 Å². The summed E-state index contributed by atoms with van der Waals surface area (Å²) in [4.78, 5) is 35.5. The number of amides is 1. The minimum atomic E-state index is -1.82. The lowest BCUT2D eigenvalue weighted by Gasteiger charge is -2.36. The van der Waals surface area contributed by atoms with Crippen LogP contribution < -0.4 is 4.74 Å². The number of benzene rings is 1. The van der Waals surface area contributed by atoms with Crippen LogP contribution in [0, 0.1) is 5.92 Å². The molecule has 1 amide bonds. The number of aliphatic carboxylic acids is 2. The van der Waals surface area contributed by atoms with E-state index < -0.39 is 11.9 Å². The Balaban J connectivity index is 0.000000469. The number of ether oxygens (including phenoxy) is 1. The van der Waals surface area contributed by atoms with Crippen LogP contribution >= 0.6 is 0 Å². The molecular formula is C22H32N2O6. The second-order valence-corrected chi connectivity index (χ2v) is 7.65. The van der Waals surface area contributed by atoms with Gasteiger partial charge in [0.05, 0.1) is 12.5 Å². The number of piperidine rings is 2. The summed E-state index contributed by atoms with van der Waals surface area (Å²) in [7, 11) is 0. The molecule has 1 atom stereocenters.